The summed E-state index contributed by atoms with van der Waals surface area (Å²) in [6.45, 7) is 7.53. The van der Waals surface area contributed by atoms with Crippen molar-refractivity contribution in [1.29, 1.82) is 0 Å². The number of carbonyl (C=O) groups excluding carboxylic acids is 1. The molecule has 2 aromatic rings. The molecule has 0 aliphatic carbocycles. The third kappa shape index (κ3) is 6.10. The molecule has 4 heteroatoms. The van der Waals surface area contributed by atoms with Crippen LogP contribution in [0.15, 0.2) is 54.6 Å². The topological polar surface area (TPSA) is 41.6 Å². The average Bonchev–Trinajstić information content (AvgIpc) is 2.68. The van der Waals surface area contributed by atoms with Gasteiger partial charge in [0.2, 0.25) is 5.91 Å². The predicted octanol–water partition coefficient (Wildman–Crippen LogP) is 4.00. The Morgan fingerprint density at radius 1 is 1.04 bits per heavy atom. The number of nitrogens with zero attached hydrogens (tertiary/aromatic N) is 1. The maximum Gasteiger partial charge on any atom is 0.223 e. The third-order valence-electron chi connectivity index (χ3n) is 4.97. The number of carbonyl (C=O) groups is 1. The van der Waals surface area contributed by atoms with Crippen LogP contribution in [0.2, 0.25) is 0 Å². The van der Waals surface area contributed by atoms with E-state index in [0.717, 1.165) is 43.8 Å². The van der Waals surface area contributed by atoms with Crippen LogP contribution in [0.25, 0.3) is 0 Å². The number of nitrogens with one attached hydrogen (secondary N) is 1. The number of hydrogen-bond donors (Lipinski definition) is 1. The van der Waals surface area contributed by atoms with Crippen molar-refractivity contribution in [3.63, 3.8) is 0 Å². The van der Waals surface area contributed by atoms with E-state index in [4.69, 9.17) is 4.74 Å². The number of hydrogen-bond acceptors (Lipinski definition) is 3. The molecule has 1 aliphatic rings. The van der Waals surface area contributed by atoms with Crippen molar-refractivity contribution in [3.05, 3.63) is 65.7 Å². The fraction of sp³-hybridized carbons (Fsp3) is 0.435. The smallest absolute Gasteiger partial charge is 0.223 e. The fourth-order valence-electron chi connectivity index (χ4n) is 3.49. The Labute approximate surface area is 162 Å². The van der Waals surface area contributed by atoms with Crippen LogP contribution in [0.1, 0.15) is 37.8 Å². The van der Waals surface area contributed by atoms with Crippen LogP contribution < -0.4 is 10.1 Å². The zero-order valence-corrected chi connectivity index (χ0v) is 16.4. The van der Waals surface area contributed by atoms with Gasteiger partial charge in [-0.2, -0.15) is 0 Å². The molecule has 0 saturated carbocycles. The molecule has 3 rings (SSSR count). The van der Waals surface area contributed by atoms with Gasteiger partial charge in [-0.15, -0.1) is 0 Å². The summed E-state index contributed by atoms with van der Waals surface area (Å²) in [6.07, 6.45) is 2.03. The molecule has 1 saturated heterocycles. The van der Waals surface area contributed by atoms with Crippen LogP contribution in [0.4, 0.5) is 0 Å². The molecule has 1 amide bonds. The van der Waals surface area contributed by atoms with Gasteiger partial charge in [-0.05, 0) is 63.0 Å². The van der Waals surface area contributed by atoms with E-state index in [0.29, 0.717) is 6.54 Å². The highest BCUT2D eigenvalue weighted by Crippen LogP contribution is 2.20. The number of ether oxygens (including phenoxy) is 1. The molecule has 0 bridgehead atoms. The normalized spacial score (nSPS) is 15.7. The first-order valence-electron chi connectivity index (χ1n) is 9.90. The highest BCUT2D eigenvalue weighted by Gasteiger charge is 2.24. The first-order chi connectivity index (χ1) is 13.1. The van der Waals surface area contributed by atoms with Crippen molar-refractivity contribution >= 4 is 5.91 Å². The van der Waals surface area contributed by atoms with E-state index in [-0.39, 0.29) is 17.9 Å². The molecule has 4 nitrogen and oxygen atoms in total. The van der Waals surface area contributed by atoms with E-state index in [1.54, 1.807) is 0 Å². The Morgan fingerprint density at radius 2 is 1.70 bits per heavy atom. The van der Waals surface area contributed by atoms with Gasteiger partial charge in [-0.3, -0.25) is 9.69 Å². The molecular formula is C23H30N2O2. The Bertz CT molecular complexity index is 705. The van der Waals surface area contributed by atoms with E-state index in [1.165, 1.54) is 5.56 Å². The molecule has 27 heavy (non-hydrogen) atoms. The van der Waals surface area contributed by atoms with E-state index < -0.39 is 0 Å². The maximum atomic E-state index is 12.5. The molecule has 2 aromatic carbocycles. The van der Waals surface area contributed by atoms with Crippen LogP contribution in [-0.2, 0) is 17.9 Å². The summed E-state index contributed by atoms with van der Waals surface area (Å²) < 4.78 is 5.65. The number of likely N-dealkylation sites (tertiary alicyclic amines) is 1. The second-order valence-corrected chi connectivity index (χ2v) is 7.56. The standard InChI is InChI=1S/C23H30N2O2/c1-18(2)27-22-10-8-19(9-11-22)16-24-23(26)21-12-14-25(15-13-21)17-20-6-4-3-5-7-20/h3-11,18,21H,12-17H2,1-2H3,(H,24,26). The van der Waals surface area contributed by atoms with Crippen LogP contribution in [0.3, 0.4) is 0 Å². The number of benzene rings is 2. The molecule has 0 atom stereocenters. The van der Waals surface area contributed by atoms with Gasteiger partial charge in [0.25, 0.3) is 0 Å². The zero-order valence-electron chi connectivity index (χ0n) is 16.4. The summed E-state index contributed by atoms with van der Waals surface area (Å²) in [5.74, 6) is 1.17. The summed E-state index contributed by atoms with van der Waals surface area (Å²) in [4.78, 5) is 14.9. The molecule has 0 unspecified atom stereocenters. The molecule has 1 N–H and O–H groups in total. The molecular weight excluding hydrogens is 336 g/mol. The van der Waals surface area contributed by atoms with Crippen molar-refractivity contribution in [1.82, 2.24) is 10.2 Å². The fourth-order valence-corrected chi connectivity index (χ4v) is 3.49. The average molecular weight is 367 g/mol. The SMILES string of the molecule is CC(C)Oc1ccc(CNC(=O)C2CCN(Cc3ccccc3)CC2)cc1. The van der Waals surface area contributed by atoms with Gasteiger partial charge >= 0.3 is 0 Å². The second-order valence-electron chi connectivity index (χ2n) is 7.56. The minimum Gasteiger partial charge on any atom is -0.491 e. The molecule has 1 fully saturated rings. The first-order valence-corrected chi connectivity index (χ1v) is 9.90. The summed E-state index contributed by atoms with van der Waals surface area (Å²) in [6, 6.07) is 18.5. The minimum absolute atomic E-state index is 0.126. The number of rotatable bonds is 7. The summed E-state index contributed by atoms with van der Waals surface area (Å²) >= 11 is 0. The summed E-state index contributed by atoms with van der Waals surface area (Å²) in [7, 11) is 0. The van der Waals surface area contributed by atoms with E-state index >= 15 is 0 Å². The number of amides is 1. The van der Waals surface area contributed by atoms with Gasteiger partial charge in [0.15, 0.2) is 0 Å². The lowest BCUT2D eigenvalue weighted by molar-refractivity contribution is -0.126. The molecule has 1 heterocycles. The van der Waals surface area contributed by atoms with Crippen LogP contribution in [0, 0.1) is 5.92 Å². The van der Waals surface area contributed by atoms with E-state index in [1.807, 2.05) is 44.2 Å². The van der Waals surface area contributed by atoms with Crippen molar-refractivity contribution in [3.8, 4) is 5.75 Å². The molecule has 144 valence electrons. The largest absolute Gasteiger partial charge is 0.491 e. The molecule has 0 radical (unpaired) electrons. The van der Waals surface area contributed by atoms with Gasteiger partial charge in [-0.25, -0.2) is 0 Å². The monoisotopic (exact) mass is 366 g/mol. The third-order valence-corrected chi connectivity index (χ3v) is 4.97. The van der Waals surface area contributed by atoms with Crippen molar-refractivity contribution in [2.24, 2.45) is 5.92 Å². The van der Waals surface area contributed by atoms with Gasteiger partial charge < -0.3 is 10.1 Å². The quantitative estimate of drug-likeness (QED) is 0.805. The lowest BCUT2D eigenvalue weighted by Crippen LogP contribution is -2.40. The lowest BCUT2D eigenvalue weighted by Gasteiger charge is -2.31. The Kier molecular flexibility index (Phi) is 6.88. The van der Waals surface area contributed by atoms with Crippen LogP contribution in [-0.4, -0.2) is 30.0 Å². The summed E-state index contributed by atoms with van der Waals surface area (Å²) in [5, 5.41) is 3.10. The predicted molar refractivity (Wildman–Crippen MR) is 108 cm³/mol. The Morgan fingerprint density at radius 3 is 2.33 bits per heavy atom. The highest BCUT2D eigenvalue weighted by atomic mass is 16.5. The van der Waals surface area contributed by atoms with Gasteiger partial charge in [-0.1, -0.05) is 42.5 Å². The van der Waals surface area contributed by atoms with Crippen molar-refractivity contribution in [2.45, 2.75) is 45.9 Å². The van der Waals surface area contributed by atoms with Crippen molar-refractivity contribution in [2.75, 3.05) is 13.1 Å². The molecule has 1 aliphatic heterocycles. The highest BCUT2D eigenvalue weighted by molar-refractivity contribution is 5.78. The van der Waals surface area contributed by atoms with Gasteiger partial charge in [0.05, 0.1) is 6.10 Å². The summed E-state index contributed by atoms with van der Waals surface area (Å²) in [5.41, 5.74) is 2.44. The first kappa shape index (κ1) is 19.4. The Balaban J connectivity index is 1.40. The van der Waals surface area contributed by atoms with Gasteiger partial charge in [0, 0.05) is 19.0 Å². The van der Waals surface area contributed by atoms with Crippen molar-refractivity contribution < 1.29 is 9.53 Å². The zero-order chi connectivity index (χ0) is 19.1. The Hall–Kier alpha value is -2.33. The van der Waals surface area contributed by atoms with E-state index in [9.17, 15) is 4.79 Å². The maximum absolute atomic E-state index is 12.5. The number of piperidine rings is 1. The molecule has 0 spiro atoms. The van der Waals surface area contributed by atoms with E-state index in [2.05, 4.69) is 34.5 Å². The lowest BCUT2D eigenvalue weighted by atomic mass is 9.95. The van der Waals surface area contributed by atoms with Crippen LogP contribution in [0.5, 0.6) is 5.75 Å². The van der Waals surface area contributed by atoms with Gasteiger partial charge in [0.1, 0.15) is 5.75 Å². The van der Waals surface area contributed by atoms with Crippen LogP contribution >= 0.6 is 0 Å². The minimum atomic E-state index is 0.126. The second kappa shape index (κ2) is 9.56. The molecule has 0 aromatic heterocycles.